The number of furan rings is 1. The Bertz CT molecular complexity index is 3260. The molecule has 2 aromatic heterocycles. The Balaban J connectivity index is 1.13. The first-order chi connectivity index (χ1) is 27.3. The molecule has 4 nitrogen and oxygen atoms in total. The Hall–Kier alpha value is -7.43. The lowest BCUT2D eigenvalue weighted by Crippen LogP contribution is -2.00. The van der Waals surface area contributed by atoms with E-state index in [9.17, 15) is 0 Å². The third-order valence-electron chi connectivity index (χ3n) is 10.7. The summed E-state index contributed by atoms with van der Waals surface area (Å²) < 4.78 is 6.64. The molecule has 0 radical (unpaired) electrons. The molecule has 2 heterocycles. The van der Waals surface area contributed by atoms with Crippen molar-refractivity contribution >= 4 is 54.3 Å². The minimum Gasteiger partial charge on any atom is -0.455 e. The van der Waals surface area contributed by atoms with E-state index in [0.717, 1.165) is 71.7 Å². The van der Waals surface area contributed by atoms with Crippen LogP contribution in [0.25, 0.3) is 111 Å². The Morgan fingerprint density at radius 2 is 0.873 bits per heavy atom. The van der Waals surface area contributed by atoms with Crippen molar-refractivity contribution < 1.29 is 4.42 Å². The van der Waals surface area contributed by atoms with E-state index in [-0.39, 0.29) is 0 Å². The number of nitrogens with zero attached hydrogens (tertiary/aromatic N) is 3. The van der Waals surface area contributed by atoms with Crippen molar-refractivity contribution in [3.63, 3.8) is 0 Å². The first kappa shape index (κ1) is 31.1. The van der Waals surface area contributed by atoms with Crippen molar-refractivity contribution in [3.8, 4) is 56.4 Å². The molecule has 0 saturated carbocycles. The molecular weight excluding hydrogens is 671 g/mol. The highest BCUT2D eigenvalue weighted by Gasteiger charge is 2.20. The number of hydrogen-bond acceptors (Lipinski definition) is 4. The lowest BCUT2D eigenvalue weighted by molar-refractivity contribution is 0.670. The second-order valence-electron chi connectivity index (χ2n) is 13.9. The Morgan fingerprint density at radius 1 is 0.309 bits per heavy atom. The molecule has 9 aromatic carbocycles. The molecule has 0 aliphatic rings. The Labute approximate surface area is 317 Å². The van der Waals surface area contributed by atoms with Gasteiger partial charge in [-0.05, 0) is 67.2 Å². The number of para-hydroxylation sites is 1. The molecule has 256 valence electrons. The first-order valence-electron chi connectivity index (χ1n) is 18.5. The van der Waals surface area contributed by atoms with Crippen molar-refractivity contribution in [2.75, 3.05) is 0 Å². The van der Waals surface area contributed by atoms with Crippen LogP contribution >= 0.6 is 0 Å². The van der Waals surface area contributed by atoms with E-state index >= 15 is 0 Å². The highest BCUT2D eigenvalue weighted by atomic mass is 16.3. The van der Waals surface area contributed by atoms with Gasteiger partial charge in [-0.15, -0.1) is 0 Å². The van der Waals surface area contributed by atoms with Gasteiger partial charge in [0.25, 0.3) is 0 Å². The molecule has 11 rings (SSSR count). The van der Waals surface area contributed by atoms with E-state index in [1.54, 1.807) is 0 Å². The van der Waals surface area contributed by atoms with E-state index in [4.69, 9.17) is 19.4 Å². The van der Waals surface area contributed by atoms with Crippen molar-refractivity contribution in [3.05, 3.63) is 188 Å². The number of rotatable bonds is 5. The van der Waals surface area contributed by atoms with Crippen LogP contribution in [0.15, 0.2) is 192 Å². The summed E-state index contributed by atoms with van der Waals surface area (Å²) in [6.45, 7) is 0. The standard InChI is InChI=1S/C51H31N3O/c1-3-13-32(14-4-1)38-29-30-42(47-44-19-9-10-24-46(44)55-48(38)47)40-21-11-22-41-39(40)20-12-23-43(41)51-53-49(35-16-5-2-6-17-35)52-50(54-51)36-28-27-34-26-25-33-15-7-8-18-37(33)45(34)31-36/h1-31H. The summed E-state index contributed by atoms with van der Waals surface area (Å²) in [6, 6.07) is 65.7. The number of aromatic nitrogens is 3. The highest BCUT2D eigenvalue weighted by molar-refractivity contribution is 6.19. The van der Waals surface area contributed by atoms with Crippen LogP contribution in [0.4, 0.5) is 0 Å². The molecule has 0 saturated heterocycles. The van der Waals surface area contributed by atoms with Crippen LogP contribution in [0.5, 0.6) is 0 Å². The molecule has 0 fully saturated rings. The average Bonchev–Trinajstić information content (AvgIpc) is 3.66. The molecule has 11 aromatic rings. The average molecular weight is 702 g/mol. The molecule has 0 amide bonds. The lowest BCUT2D eigenvalue weighted by Gasteiger charge is -2.14. The van der Waals surface area contributed by atoms with Crippen LogP contribution in [-0.2, 0) is 0 Å². The topological polar surface area (TPSA) is 51.8 Å². The zero-order valence-corrected chi connectivity index (χ0v) is 29.6. The fourth-order valence-electron chi connectivity index (χ4n) is 8.12. The van der Waals surface area contributed by atoms with Crippen LogP contribution in [0, 0.1) is 0 Å². The normalized spacial score (nSPS) is 11.6. The zero-order chi connectivity index (χ0) is 36.3. The van der Waals surface area contributed by atoms with Crippen LogP contribution < -0.4 is 0 Å². The molecule has 0 aliphatic carbocycles. The fourth-order valence-corrected chi connectivity index (χ4v) is 8.12. The van der Waals surface area contributed by atoms with E-state index in [1.807, 2.05) is 30.3 Å². The number of benzene rings is 9. The van der Waals surface area contributed by atoms with Gasteiger partial charge >= 0.3 is 0 Å². The van der Waals surface area contributed by atoms with Crippen LogP contribution in [-0.4, -0.2) is 15.0 Å². The van der Waals surface area contributed by atoms with E-state index in [0.29, 0.717) is 17.5 Å². The molecule has 0 aliphatic heterocycles. The minimum absolute atomic E-state index is 0.628. The summed E-state index contributed by atoms with van der Waals surface area (Å²) in [5, 5.41) is 9.13. The van der Waals surface area contributed by atoms with Crippen molar-refractivity contribution in [1.82, 2.24) is 15.0 Å². The minimum atomic E-state index is 0.628. The molecule has 55 heavy (non-hydrogen) atoms. The van der Waals surface area contributed by atoms with Crippen LogP contribution in [0.1, 0.15) is 0 Å². The maximum atomic E-state index is 6.64. The maximum Gasteiger partial charge on any atom is 0.164 e. The second kappa shape index (κ2) is 12.6. The highest BCUT2D eigenvalue weighted by Crippen LogP contribution is 2.44. The van der Waals surface area contributed by atoms with Crippen LogP contribution in [0.2, 0.25) is 0 Å². The summed E-state index contributed by atoms with van der Waals surface area (Å²) in [5.41, 5.74) is 9.02. The van der Waals surface area contributed by atoms with Gasteiger partial charge in [0.15, 0.2) is 17.5 Å². The first-order valence-corrected chi connectivity index (χ1v) is 18.5. The second-order valence-corrected chi connectivity index (χ2v) is 13.9. The van der Waals surface area contributed by atoms with Crippen molar-refractivity contribution in [2.24, 2.45) is 0 Å². The number of hydrogen-bond donors (Lipinski definition) is 0. The van der Waals surface area contributed by atoms with Crippen molar-refractivity contribution in [1.29, 1.82) is 0 Å². The number of fused-ring (bicyclic) bond motifs is 7. The molecule has 4 heteroatoms. The molecule has 0 bridgehead atoms. The van der Waals surface area contributed by atoms with Gasteiger partial charge in [0.1, 0.15) is 11.2 Å². The van der Waals surface area contributed by atoms with Gasteiger partial charge in [-0.25, -0.2) is 15.0 Å². The van der Waals surface area contributed by atoms with Gasteiger partial charge < -0.3 is 4.42 Å². The Morgan fingerprint density at radius 3 is 1.67 bits per heavy atom. The lowest BCUT2D eigenvalue weighted by atomic mass is 9.91. The molecular formula is C51H31N3O. The third-order valence-corrected chi connectivity index (χ3v) is 10.7. The van der Waals surface area contributed by atoms with Crippen molar-refractivity contribution in [2.45, 2.75) is 0 Å². The Kier molecular flexibility index (Phi) is 7.14. The summed E-state index contributed by atoms with van der Waals surface area (Å²) in [4.78, 5) is 15.5. The summed E-state index contributed by atoms with van der Waals surface area (Å²) in [6.07, 6.45) is 0. The van der Waals surface area contributed by atoms with E-state index in [1.165, 1.54) is 21.5 Å². The van der Waals surface area contributed by atoms with Gasteiger partial charge in [0.2, 0.25) is 0 Å². The largest absolute Gasteiger partial charge is 0.455 e. The predicted molar refractivity (Wildman–Crippen MR) is 227 cm³/mol. The predicted octanol–water partition coefficient (Wildman–Crippen LogP) is 13.6. The quantitative estimate of drug-likeness (QED) is 0.168. The molecule has 0 atom stereocenters. The smallest absolute Gasteiger partial charge is 0.164 e. The molecule has 0 spiro atoms. The van der Waals surface area contributed by atoms with Gasteiger partial charge in [0, 0.05) is 33.0 Å². The van der Waals surface area contributed by atoms with Gasteiger partial charge in [-0.3, -0.25) is 0 Å². The van der Waals surface area contributed by atoms with Gasteiger partial charge in [-0.2, -0.15) is 0 Å². The van der Waals surface area contributed by atoms with E-state index < -0.39 is 0 Å². The summed E-state index contributed by atoms with van der Waals surface area (Å²) in [7, 11) is 0. The fraction of sp³-hybridized carbons (Fsp3) is 0. The molecule has 0 N–H and O–H groups in total. The third kappa shape index (κ3) is 5.19. The van der Waals surface area contributed by atoms with E-state index in [2.05, 4.69) is 158 Å². The van der Waals surface area contributed by atoms with Gasteiger partial charge in [0.05, 0.1) is 0 Å². The SMILES string of the molecule is c1ccc(-c2nc(-c3ccc4ccc5ccccc5c4c3)nc(-c3cccc4c(-c5ccc(-c6ccccc6)c6oc7ccccc7c56)cccc34)n2)cc1. The monoisotopic (exact) mass is 701 g/mol. The summed E-state index contributed by atoms with van der Waals surface area (Å²) in [5.74, 6) is 1.90. The maximum absolute atomic E-state index is 6.64. The van der Waals surface area contributed by atoms with Gasteiger partial charge in [-0.1, -0.05) is 170 Å². The summed E-state index contributed by atoms with van der Waals surface area (Å²) >= 11 is 0. The van der Waals surface area contributed by atoms with Crippen LogP contribution in [0.3, 0.4) is 0 Å². The zero-order valence-electron chi connectivity index (χ0n) is 29.6. The molecule has 0 unspecified atom stereocenters.